The summed E-state index contributed by atoms with van der Waals surface area (Å²) in [7, 11) is -2.50. The molecule has 3 aromatic rings. The van der Waals surface area contributed by atoms with Crippen LogP contribution in [0.5, 0.6) is 5.75 Å². The van der Waals surface area contributed by atoms with Crippen LogP contribution >= 0.6 is 0 Å². The highest BCUT2D eigenvalue weighted by atomic mass is 32.2. The number of aliphatic hydroxyl groups excluding tert-OH is 1. The highest BCUT2D eigenvalue weighted by Crippen LogP contribution is 2.30. The van der Waals surface area contributed by atoms with Crippen molar-refractivity contribution in [1.29, 1.82) is 0 Å². The molecule has 4 rings (SSSR count). The van der Waals surface area contributed by atoms with Crippen LogP contribution in [0.15, 0.2) is 83.8 Å². The molecule has 0 spiro atoms. The van der Waals surface area contributed by atoms with E-state index in [4.69, 9.17) is 23.1 Å². The summed E-state index contributed by atoms with van der Waals surface area (Å²) in [6.45, 7) is 2.72. The molecule has 1 aliphatic rings. The second kappa shape index (κ2) is 13.3. The number of ether oxygens (including phenoxy) is 4. The molecule has 0 unspecified atom stereocenters. The van der Waals surface area contributed by atoms with E-state index < -0.39 is 34.5 Å². The Morgan fingerprint density at radius 3 is 2.29 bits per heavy atom. The van der Waals surface area contributed by atoms with Gasteiger partial charge in [0.15, 0.2) is 6.29 Å². The van der Waals surface area contributed by atoms with Gasteiger partial charge in [0.1, 0.15) is 11.9 Å². The smallest absolute Gasteiger partial charge is 0.297 e. The maximum atomic E-state index is 12.9. The Kier molecular flexibility index (Phi) is 9.90. The Morgan fingerprint density at radius 2 is 1.61 bits per heavy atom. The van der Waals surface area contributed by atoms with Gasteiger partial charge in [0.05, 0.1) is 37.9 Å². The minimum absolute atomic E-state index is 0.0240. The summed E-state index contributed by atoms with van der Waals surface area (Å²) >= 11 is 0. The van der Waals surface area contributed by atoms with Crippen LogP contribution in [0.2, 0.25) is 0 Å². The molecular formula is C29H34O8S. The summed E-state index contributed by atoms with van der Waals surface area (Å²) in [5.74, 6) is 0.164. The van der Waals surface area contributed by atoms with Crippen molar-refractivity contribution in [3.8, 4) is 5.75 Å². The van der Waals surface area contributed by atoms with Gasteiger partial charge in [-0.05, 0) is 48.7 Å². The van der Waals surface area contributed by atoms with Crippen molar-refractivity contribution >= 4 is 10.1 Å². The Bertz CT molecular complexity index is 1230. The third kappa shape index (κ3) is 7.63. The van der Waals surface area contributed by atoms with Crippen molar-refractivity contribution in [1.82, 2.24) is 0 Å². The molecule has 0 radical (unpaired) electrons. The van der Waals surface area contributed by atoms with Gasteiger partial charge in [0.25, 0.3) is 10.1 Å². The number of aliphatic hydroxyl groups is 1. The third-order valence-electron chi connectivity index (χ3n) is 6.43. The molecule has 3 aromatic carbocycles. The van der Waals surface area contributed by atoms with Gasteiger partial charge in [0.2, 0.25) is 0 Å². The number of methoxy groups -OCH3 is 1. The molecule has 1 aliphatic heterocycles. The normalized spacial score (nSPS) is 21.8. The molecule has 0 aromatic heterocycles. The molecule has 204 valence electrons. The van der Waals surface area contributed by atoms with Crippen molar-refractivity contribution in [2.24, 2.45) is 5.92 Å². The fourth-order valence-electron chi connectivity index (χ4n) is 4.22. The number of hydrogen-bond acceptors (Lipinski definition) is 8. The number of aryl methyl sites for hydroxylation is 1. The average Bonchev–Trinajstić information content (AvgIpc) is 2.93. The zero-order chi connectivity index (χ0) is 27.0. The van der Waals surface area contributed by atoms with Crippen molar-refractivity contribution in [3.05, 3.63) is 95.6 Å². The molecule has 0 aliphatic carbocycles. The van der Waals surface area contributed by atoms with E-state index in [2.05, 4.69) is 0 Å². The third-order valence-corrected chi connectivity index (χ3v) is 7.78. The lowest BCUT2D eigenvalue weighted by Gasteiger charge is -2.39. The maximum absolute atomic E-state index is 12.9. The average molecular weight is 543 g/mol. The van der Waals surface area contributed by atoms with E-state index >= 15 is 0 Å². The summed E-state index contributed by atoms with van der Waals surface area (Å²) in [4.78, 5) is 0.0240. The lowest BCUT2D eigenvalue weighted by molar-refractivity contribution is -0.252. The van der Waals surface area contributed by atoms with Crippen LogP contribution in [0.4, 0.5) is 0 Å². The van der Waals surface area contributed by atoms with Gasteiger partial charge >= 0.3 is 0 Å². The summed E-state index contributed by atoms with van der Waals surface area (Å²) < 4.78 is 54.2. The molecule has 1 fully saturated rings. The lowest BCUT2D eigenvalue weighted by Crippen LogP contribution is -2.52. The Morgan fingerprint density at radius 1 is 0.921 bits per heavy atom. The van der Waals surface area contributed by atoms with Crippen LogP contribution in [-0.2, 0) is 41.7 Å². The van der Waals surface area contributed by atoms with Crippen molar-refractivity contribution < 1.29 is 36.7 Å². The van der Waals surface area contributed by atoms with Crippen LogP contribution in [-0.4, -0.2) is 52.3 Å². The number of benzene rings is 3. The number of hydrogen-bond donors (Lipinski definition) is 1. The fraction of sp³-hybridized carbons (Fsp3) is 0.379. The van der Waals surface area contributed by atoms with E-state index in [0.29, 0.717) is 19.6 Å². The largest absolute Gasteiger partial charge is 0.497 e. The summed E-state index contributed by atoms with van der Waals surface area (Å²) in [6, 6.07) is 23.6. The number of rotatable bonds is 12. The lowest BCUT2D eigenvalue weighted by atomic mass is 9.92. The van der Waals surface area contributed by atoms with Gasteiger partial charge in [-0.3, -0.25) is 4.18 Å². The maximum Gasteiger partial charge on any atom is 0.297 e. The topological polar surface area (TPSA) is 101 Å². The van der Waals surface area contributed by atoms with E-state index in [9.17, 15) is 13.5 Å². The molecule has 4 atom stereocenters. The van der Waals surface area contributed by atoms with E-state index in [0.717, 1.165) is 22.4 Å². The van der Waals surface area contributed by atoms with Gasteiger partial charge in [-0.25, -0.2) is 0 Å². The standard InChI is InChI=1S/C29H34O8S/c1-21-8-14-25(15-9-21)38(31,32)37-27-20-36-29(35-19-23-10-12-24(33-2)13-11-23)26(28(27)30)16-17-34-18-22-6-4-3-5-7-22/h3-15,26-30H,16-20H2,1-2H3/t26-,27-,28+,29-/m1/s1. The predicted molar refractivity (Wildman–Crippen MR) is 141 cm³/mol. The molecule has 9 heteroatoms. The molecule has 1 saturated heterocycles. The van der Waals surface area contributed by atoms with Gasteiger partial charge in [-0.2, -0.15) is 8.42 Å². The van der Waals surface area contributed by atoms with Gasteiger partial charge < -0.3 is 24.1 Å². The van der Waals surface area contributed by atoms with Crippen LogP contribution in [0.25, 0.3) is 0 Å². The second-order valence-corrected chi connectivity index (χ2v) is 10.8. The monoisotopic (exact) mass is 542 g/mol. The molecule has 1 heterocycles. The molecule has 38 heavy (non-hydrogen) atoms. The van der Waals surface area contributed by atoms with Crippen molar-refractivity contribution in [3.63, 3.8) is 0 Å². The highest BCUT2D eigenvalue weighted by molar-refractivity contribution is 7.86. The molecule has 0 amide bonds. The molecule has 0 saturated carbocycles. The Balaban J connectivity index is 1.42. The van der Waals surface area contributed by atoms with Crippen LogP contribution in [0.1, 0.15) is 23.1 Å². The van der Waals surface area contributed by atoms with Crippen LogP contribution in [0, 0.1) is 12.8 Å². The van der Waals surface area contributed by atoms with Gasteiger partial charge in [0, 0.05) is 12.5 Å². The molecule has 1 N–H and O–H groups in total. The van der Waals surface area contributed by atoms with Crippen LogP contribution in [0.3, 0.4) is 0 Å². The second-order valence-electron chi connectivity index (χ2n) is 9.24. The van der Waals surface area contributed by atoms with E-state index in [1.807, 2.05) is 61.5 Å². The van der Waals surface area contributed by atoms with E-state index in [1.54, 1.807) is 19.2 Å². The molecule has 8 nitrogen and oxygen atoms in total. The summed E-state index contributed by atoms with van der Waals surface area (Å²) in [5, 5.41) is 11.2. The minimum atomic E-state index is -4.10. The van der Waals surface area contributed by atoms with Crippen molar-refractivity contribution in [2.45, 2.75) is 50.0 Å². The first-order chi connectivity index (χ1) is 18.4. The highest BCUT2D eigenvalue weighted by Gasteiger charge is 2.42. The summed E-state index contributed by atoms with van der Waals surface area (Å²) in [6.07, 6.45) is -2.62. The molecular weight excluding hydrogens is 508 g/mol. The van der Waals surface area contributed by atoms with Crippen LogP contribution < -0.4 is 4.74 Å². The summed E-state index contributed by atoms with van der Waals surface area (Å²) in [5.41, 5.74) is 2.87. The fourth-order valence-corrected chi connectivity index (χ4v) is 5.29. The predicted octanol–water partition coefficient (Wildman–Crippen LogP) is 4.23. The van der Waals surface area contributed by atoms with E-state index in [1.165, 1.54) is 12.1 Å². The first kappa shape index (κ1) is 28.2. The zero-order valence-corrected chi connectivity index (χ0v) is 22.4. The Hall–Kier alpha value is -2.79. The zero-order valence-electron chi connectivity index (χ0n) is 21.6. The van der Waals surface area contributed by atoms with Crippen molar-refractivity contribution in [2.75, 3.05) is 20.3 Å². The first-order valence-electron chi connectivity index (χ1n) is 12.5. The quantitative estimate of drug-likeness (QED) is 0.268. The minimum Gasteiger partial charge on any atom is -0.497 e. The van der Waals surface area contributed by atoms with Gasteiger partial charge in [-0.1, -0.05) is 60.2 Å². The molecule has 0 bridgehead atoms. The van der Waals surface area contributed by atoms with Gasteiger partial charge in [-0.15, -0.1) is 0 Å². The first-order valence-corrected chi connectivity index (χ1v) is 13.9. The van der Waals surface area contributed by atoms with E-state index in [-0.39, 0.29) is 18.1 Å². The SMILES string of the molecule is COc1ccc(CO[C@@H]2OC[C@@H](OS(=O)(=O)c3ccc(C)cc3)[C@@H](O)[C@H]2CCOCc2ccccc2)cc1. The Labute approximate surface area is 224 Å².